The van der Waals surface area contributed by atoms with Gasteiger partial charge < -0.3 is 10.1 Å². The molecule has 0 saturated carbocycles. The number of hydrogen-bond donors (Lipinski definition) is 1. The lowest BCUT2D eigenvalue weighted by Gasteiger charge is -2.35. The summed E-state index contributed by atoms with van der Waals surface area (Å²) in [5.41, 5.74) is 0. The second-order valence-corrected chi connectivity index (χ2v) is 3.36. The molecule has 1 saturated heterocycles. The largest absolute Gasteiger partial charge is 0.378 e. The number of rotatable bonds is 5. The van der Waals surface area contributed by atoms with Crippen LogP contribution in [-0.4, -0.2) is 57.5 Å². The average molecular weight is 190 g/mol. The molecule has 13 heavy (non-hydrogen) atoms. The van der Waals surface area contributed by atoms with Gasteiger partial charge in [-0.3, -0.25) is 9.29 Å². The van der Waals surface area contributed by atoms with Crippen LogP contribution in [0.25, 0.3) is 0 Å². The van der Waals surface area contributed by atoms with E-state index in [1.54, 1.807) is 0 Å². The molecule has 3 nitrogen and oxygen atoms in total. The molecule has 1 heterocycles. The zero-order valence-electron chi connectivity index (χ0n) is 8.26. The summed E-state index contributed by atoms with van der Waals surface area (Å²) in [5.74, 6) is 0. The molecule has 1 rings (SSSR count). The lowest BCUT2D eigenvalue weighted by Crippen LogP contribution is -2.50. The quantitative estimate of drug-likeness (QED) is 0.673. The van der Waals surface area contributed by atoms with Crippen molar-refractivity contribution >= 4 is 0 Å². The lowest BCUT2D eigenvalue weighted by atomic mass is 10.2. The van der Waals surface area contributed by atoms with Gasteiger partial charge in [0.25, 0.3) is 0 Å². The number of likely N-dealkylation sites (N-methyl/N-ethyl adjacent to an activating group) is 1. The van der Waals surface area contributed by atoms with Gasteiger partial charge in [-0.2, -0.15) is 0 Å². The van der Waals surface area contributed by atoms with Crippen molar-refractivity contribution < 1.29 is 9.13 Å². The predicted octanol–water partition coefficient (Wildman–Crippen LogP) is 0.266. The Bertz CT molecular complexity index is 133. The molecule has 78 valence electrons. The smallest absolute Gasteiger partial charge is 0.0906 e. The standard InChI is InChI=1S/C9H19FN2O/c1-11-7-9-8-13-6-5-12(9)4-2-3-10/h9,11H,2-8H2,1H3. The Morgan fingerprint density at radius 1 is 1.62 bits per heavy atom. The summed E-state index contributed by atoms with van der Waals surface area (Å²) in [6.45, 7) is 4.05. The van der Waals surface area contributed by atoms with Gasteiger partial charge in [-0.15, -0.1) is 0 Å². The summed E-state index contributed by atoms with van der Waals surface area (Å²) >= 11 is 0. The second-order valence-electron chi connectivity index (χ2n) is 3.36. The highest BCUT2D eigenvalue weighted by Gasteiger charge is 2.21. The SMILES string of the molecule is CNCC1COCCN1CCCF. The Labute approximate surface area is 79.2 Å². The Balaban J connectivity index is 2.28. The van der Waals surface area contributed by atoms with E-state index in [2.05, 4.69) is 10.2 Å². The number of morpholine rings is 1. The summed E-state index contributed by atoms with van der Waals surface area (Å²) in [4.78, 5) is 2.31. The number of alkyl halides is 1. The van der Waals surface area contributed by atoms with Crippen LogP contribution in [0, 0.1) is 0 Å². The second kappa shape index (κ2) is 6.29. The molecule has 1 unspecified atom stereocenters. The van der Waals surface area contributed by atoms with Crippen molar-refractivity contribution in [2.24, 2.45) is 0 Å². The molecule has 4 heteroatoms. The Hall–Kier alpha value is -0.190. The number of halogens is 1. The van der Waals surface area contributed by atoms with Crippen molar-refractivity contribution in [3.05, 3.63) is 0 Å². The molecular formula is C9H19FN2O. The first-order chi connectivity index (χ1) is 6.38. The van der Waals surface area contributed by atoms with Gasteiger partial charge in [0.15, 0.2) is 0 Å². The molecule has 0 radical (unpaired) electrons. The van der Waals surface area contributed by atoms with Gasteiger partial charge >= 0.3 is 0 Å². The Morgan fingerprint density at radius 3 is 3.15 bits per heavy atom. The van der Waals surface area contributed by atoms with Gasteiger partial charge in [-0.05, 0) is 13.5 Å². The Kier molecular flexibility index (Phi) is 5.27. The normalized spacial score (nSPS) is 24.9. The third-order valence-electron chi connectivity index (χ3n) is 2.37. The van der Waals surface area contributed by atoms with Gasteiger partial charge in [-0.1, -0.05) is 0 Å². The zero-order chi connectivity index (χ0) is 9.52. The summed E-state index contributed by atoms with van der Waals surface area (Å²) in [6.07, 6.45) is 0.639. The Morgan fingerprint density at radius 2 is 2.46 bits per heavy atom. The van der Waals surface area contributed by atoms with Crippen molar-refractivity contribution in [1.29, 1.82) is 0 Å². The van der Waals surface area contributed by atoms with Gasteiger partial charge in [0.2, 0.25) is 0 Å². The minimum absolute atomic E-state index is 0.219. The maximum absolute atomic E-state index is 12.0. The minimum atomic E-state index is -0.219. The molecule has 0 bridgehead atoms. The van der Waals surface area contributed by atoms with E-state index >= 15 is 0 Å². The van der Waals surface area contributed by atoms with E-state index in [0.29, 0.717) is 12.5 Å². The number of ether oxygens (including phenoxy) is 1. The van der Waals surface area contributed by atoms with Crippen LogP contribution in [0.1, 0.15) is 6.42 Å². The number of nitrogens with one attached hydrogen (secondary N) is 1. The van der Waals surface area contributed by atoms with Gasteiger partial charge in [-0.25, -0.2) is 0 Å². The number of nitrogens with zero attached hydrogens (tertiary/aromatic N) is 1. The zero-order valence-corrected chi connectivity index (χ0v) is 8.26. The third-order valence-corrected chi connectivity index (χ3v) is 2.37. The fourth-order valence-electron chi connectivity index (χ4n) is 1.67. The van der Waals surface area contributed by atoms with Crippen LogP contribution in [0.5, 0.6) is 0 Å². The van der Waals surface area contributed by atoms with Gasteiger partial charge in [0, 0.05) is 25.7 Å². The molecule has 1 aliphatic rings. The van der Waals surface area contributed by atoms with Crippen molar-refractivity contribution in [2.45, 2.75) is 12.5 Å². The van der Waals surface area contributed by atoms with Crippen molar-refractivity contribution in [3.63, 3.8) is 0 Å². The fraction of sp³-hybridized carbons (Fsp3) is 1.00. The maximum Gasteiger partial charge on any atom is 0.0906 e. The molecule has 0 aromatic rings. The van der Waals surface area contributed by atoms with E-state index in [0.717, 1.165) is 32.8 Å². The van der Waals surface area contributed by atoms with Crippen LogP contribution < -0.4 is 5.32 Å². The highest BCUT2D eigenvalue weighted by atomic mass is 19.1. The highest BCUT2D eigenvalue weighted by molar-refractivity contribution is 4.76. The average Bonchev–Trinajstić information content (AvgIpc) is 2.17. The molecule has 0 amide bonds. The monoisotopic (exact) mass is 190 g/mol. The molecule has 0 aromatic heterocycles. The molecule has 1 fully saturated rings. The fourth-order valence-corrected chi connectivity index (χ4v) is 1.67. The van der Waals surface area contributed by atoms with Crippen molar-refractivity contribution in [3.8, 4) is 0 Å². The van der Waals surface area contributed by atoms with E-state index < -0.39 is 0 Å². The molecule has 0 aromatic carbocycles. The lowest BCUT2D eigenvalue weighted by molar-refractivity contribution is -0.00718. The first kappa shape index (κ1) is 10.9. The molecular weight excluding hydrogens is 171 g/mol. The van der Waals surface area contributed by atoms with Crippen molar-refractivity contribution in [1.82, 2.24) is 10.2 Å². The number of hydrogen-bond acceptors (Lipinski definition) is 3. The molecule has 0 aliphatic carbocycles. The van der Waals surface area contributed by atoms with Crippen LogP contribution in [0.2, 0.25) is 0 Å². The van der Waals surface area contributed by atoms with E-state index in [1.807, 2.05) is 7.05 Å². The molecule has 1 aliphatic heterocycles. The van der Waals surface area contributed by atoms with Crippen LogP contribution in [0.3, 0.4) is 0 Å². The van der Waals surface area contributed by atoms with Crippen LogP contribution in [0.4, 0.5) is 4.39 Å². The predicted molar refractivity (Wildman–Crippen MR) is 50.7 cm³/mol. The third kappa shape index (κ3) is 3.58. The van der Waals surface area contributed by atoms with E-state index in [9.17, 15) is 4.39 Å². The van der Waals surface area contributed by atoms with Crippen LogP contribution in [0.15, 0.2) is 0 Å². The van der Waals surface area contributed by atoms with E-state index in [1.165, 1.54) is 0 Å². The minimum Gasteiger partial charge on any atom is -0.378 e. The highest BCUT2D eigenvalue weighted by Crippen LogP contribution is 2.06. The van der Waals surface area contributed by atoms with Gasteiger partial charge in [0.1, 0.15) is 0 Å². The molecule has 1 atom stereocenters. The first-order valence-electron chi connectivity index (χ1n) is 4.91. The van der Waals surface area contributed by atoms with Crippen LogP contribution >= 0.6 is 0 Å². The van der Waals surface area contributed by atoms with E-state index in [4.69, 9.17) is 4.74 Å². The molecule has 1 N–H and O–H groups in total. The summed E-state index contributed by atoms with van der Waals surface area (Å²) in [6, 6.07) is 0.422. The van der Waals surface area contributed by atoms with E-state index in [-0.39, 0.29) is 6.67 Å². The van der Waals surface area contributed by atoms with Crippen molar-refractivity contribution in [2.75, 3.05) is 46.6 Å². The summed E-state index contributed by atoms with van der Waals surface area (Å²) in [7, 11) is 1.93. The van der Waals surface area contributed by atoms with Crippen LogP contribution in [-0.2, 0) is 4.74 Å². The summed E-state index contributed by atoms with van der Waals surface area (Å²) in [5, 5.41) is 3.13. The van der Waals surface area contributed by atoms with Gasteiger partial charge in [0.05, 0.1) is 19.9 Å². The summed E-state index contributed by atoms with van der Waals surface area (Å²) < 4.78 is 17.4. The molecule has 0 spiro atoms. The first-order valence-corrected chi connectivity index (χ1v) is 4.91. The maximum atomic E-state index is 12.0. The topological polar surface area (TPSA) is 24.5 Å².